The van der Waals surface area contributed by atoms with Crippen molar-refractivity contribution in [1.29, 1.82) is 0 Å². The minimum absolute atomic E-state index is 0.0527. The van der Waals surface area contributed by atoms with Gasteiger partial charge in [-0.3, -0.25) is 4.79 Å². The molecule has 0 spiro atoms. The van der Waals surface area contributed by atoms with Crippen molar-refractivity contribution in [3.63, 3.8) is 0 Å². The quantitative estimate of drug-likeness (QED) is 0.864. The normalized spacial score (nSPS) is 18.4. The first kappa shape index (κ1) is 15.3. The minimum Gasteiger partial charge on any atom is -0.368 e. The van der Waals surface area contributed by atoms with Crippen molar-refractivity contribution in [2.45, 2.75) is 32.9 Å². The molecule has 0 radical (unpaired) electrons. The Morgan fingerprint density at radius 3 is 2.95 bits per heavy atom. The van der Waals surface area contributed by atoms with Crippen molar-refractivity contribution in [3.05, 3.63) is 28.2 Å². The SMILES string of the molecule is CCNCc1ccc(N2CCC(NC(C)=O)C2)c(Br)c1. The van der Waals surface area contributed by atoms with Crippen LogP contribution in [0.4, 0.5) is 5.69 Å². The maximum Gasteiger partial charge on any atom is 0.217 e. The summed E-state index contributed by atoms with van der Waals surface area (Å²) in [4.78, 5) is 13.4. The second-order valence-electron chi connectivity index (χ2n) is 5.20. The first-order valence-corrected chi connectivity index (χ1v) is 7.90. The van der Waals surface area contributed by atoms with Gasteiger partial charge in [0.15, 0.2) is 0 Å². The van der Waals surface area contributed by atoms with Gasteiger partial charge in [-0.2, -0.15) is 0 Å². The number of carbonyl (C=O) groups excluding carboxylic acids is 1. The van der Waals surface area contributed by atoms with E-state index >= 15 is 0 Å². The van der Waals surface area contributed by atoms with E-state index in [0.717, 1.165) is 37.1 Å². The molecule has 0 saturated carbocycles. The number of benzene rings is 1. The number of carbonyl (C=O) groups is 1. The van der Waals surface area contributed by atoms with Gasteiger partial charge in [-0.05, 0) is 46.6 Å². The molecule has 20 heavy (non-hydrogen) atoms. The molecule has 1 aliphatic heterocycles. The molecule has 0 aromatic heterocycles. The summed E-state index contributed by atoms with van der Waals surface area (Å²) in [7, 11) is 0. The first-order valence-electron chi connectivity index (χ1n) is 7.11. The molecule has 1 fully saturated rings. The molecule has 1 saturated heterocycles. The van der Waals surface area contributed by atoms with Gasteiger partial charge >= 0.3 is 0 Å². The third-order valence-corrected chi connectivity index (χ3v) is 4.16. The van der Waals surface area contributed by atoms with E-state index in [1.165, 1.54) is 11.3 Å². The van der Waals surface area contributed by atoms with Crippen molar-refractivity contribution in [2.75, 3.05) is 24.5 Å². The zero-order valence-corrected chi connectivity index (χ0v) is 13.7. The second kappa shape index (κ2) is 7.09. The molecule has 1 aromatic rings. The number of nitrogens with one attached hydrogen (secondary N) is 2. The molecule has 110 valence electrons. The standard InChI is InChI=1S/C15H22BrN3O/c1-3-17-9-12-4-5-15(14(16)8-12)19-7-6-13(10-19)18-11(2)20/h4-5,8,13,17H,3,6-7,9-10H2,1-2H3,(H,18,20). The molecule has 1 aromatic carbocycles. The lowest BCUT2D eigenvalue weighted by Gasteiger charge is -2.21. The Labute approximate surface area is 129 Å². The molecule has 0 bridgehead atoms. The van der Waals surface area contributed by atoms with Crippen molar-refractivity contribution in [1.82, 2.24) is 10.6 Å². The maximum atomic E-state index is 11.1. The number of hydrogen-bond donors (Lipinski definition) is 2. The largest absolute Gasteiger partial charge is 0.368 e. The molecular formula is C15H22BrN3O. The van der Waals surface area contributed by atoms with E-state index in [9.17, 15) is 4.79 Å². The summed E-state index contributed by atoms with van der Waals surface area (Å²) in [5.41, 5.74) is 2.48. The van der Waals surface area contributed by atoms with E-state index in [0.29, 0.717) is 0 Å². The van der Waals surface area contributed by atoms with Gasteiger partial charge in [0.25, 0.3) is 0 Å². The minimum atomic E-state index is 0.0527. The van der Waals surface area contributed by atoms with Crippen molar-refractivity contribution in [3.8, 4) is 0 Å². The Morgan fingerprint density at radius 2 is 2.30 bits per heavy atom. The van der Waals surface area contributed by atoms with Gasteiger partial charge in [0.2, 0.25) is 5.91 Å². The number of nitrogens with zero attached hydrogens (tertiary/aromatic N) is 1. The first-order chi connectivity index (χ1) is 9.60. The van der Waals surface area contributed by atoms with Crippen molar-refractivity contribution >= 4 is 27.5 Å². The third kappa shape index (κ3) is 3.96. The maximum absolute atomic E-state index is 11.1. The van der Waals surface area contributed by atoms with Crippen LogP contribution < -0.4 is 15.5 Å². The average Bonchev–Trinajstić information content (AvgIpc) is 2.83. The van der Waals surface area contributed by atoms with Crippen LogP contribution in [0, 0.1) is 0 Å². The lowest BCUT2D eigenvalue weighted by atomic mass is 10.2. The van der Waals surface area contributed by atoms with E-state index in [-0.39, 0.29) is 11.9 Å². The van der Waals surface area contributed by atoms with E-state index in [1.54, 1.807) is 6.92 Å². The predicted molar refractivity (Wildman–Crippen MR) is 86.0 cm³/mol. The molecule has 1 aliphatic rings. The molecule has 2 N–H and O–H groups in total. The Bertz CT molecular complexity index is 478. The summed E-state index contributed by atoms with van der Waals surface area (Å²) < 4.78 is 1.12. The Balaban J connectivity index is 2.01. The Kier molecular flexibility index (Phi) is 5.43. The van der Waals surface area contributed by atoms with E-state index < -0.39 is 0 Å². The highest BCUT2D eigenvalue weighted by molar-refractivity contribution is 9.10. The molecule has 4 nitrogen and oxygen atoms in total. The summed E-state index contributed by atoms with van der Waals surface area (Å²) in [6.45, 7) is 7.42. The molecule has 1 unspecified atom stereocenters. The van der Waals surface area contributed by atoms with E-state index in [4.69, 9.17) is 0 Å². The van der Waals surface area contributed by atoms with E-state index in [2.05, 4.69) is 56.6 Å². The molecule has 1 amide bonds. The van der Waals surface area contributed by atoms with Crippen LogP contribution in [-0.4, -0.2) is 31.6 Å². The number of amides is 1. The van der Waals surface area contributed by atoms with Crippen LogP contribution in [0.2, 0.25) is 0 Å². The van der Waals surface area contributed by atoms with Crippen LogP contribution in [0.25, 0.3) is 0 Å². The van der Waals surface area contributed by atoms with Gasteiger partial charge < -0.3 is 15.5 Å². The van der Waals surface area contributed by atoms with Gasteiger partial charge in [-0.25, -0.2) is 0 Å². The average molecular weight is 340 g/mol. The van der Waals surface area contributed by atoms with Crippen LogP contribution >= 0.6 is 15.9 Å². The number of halogens is 1. The number of rotatable bonds is 5. The monoisotopic (exact) mass is 339 g/mol. The zero-order valence-electron chi connectivity index (χ0n) is 12.1. The van der Waals surface area contributed by atoms with Crippen LogP contribution in [0.5, 0.6) is 0 Å². The highest BCUT2D eigenvalue weighted by atomic mass is 79.9. The van der Waals surface area contributed by atoms with Crippen molar-refractivity contribution < 1.29 is 4.79 Å². The van der Waals surface area contributed by atoms with Crippen LogP contribution in [0.1, 0.15) is 25.8 Å². The van der Waals surface area contributed by atoms with Crippen LogP contribution in [0.3, 0.4) is 0 Å². The van der Waals surface area contributed by atoms with Gasteiger partial charge in [0, 0.05) is 37.1 Å². The van der Waals surface area contributed by atoms with Crippen LogP contribution in [0.15, 0.2) is 22.7 Å². The fraction of sp³-hybridized carbons (Fsp3) is 0.533. The van der Waals surface area contributed by atoms with Gasteiger partial charge in [0.05, 0.1) is 5.69 Å². The fourth-order valence-corrected chi connectivity index (χ4v) is 3.25. The molecule has 5 heteroatoms. The highest BCUT2D eigenvalue weighted by Crippen LogP contribution is 2.30. The van der Waals surface area contributed by atoms with Crippen LogP contribution in [-0.2, 0) is 11.3 Å². The summed E-state index contributed by atoms with van der Waals surface area (Å²) >= 11 is 3.66. The van der Waals surface area contributed by atoms with Gasteiger partial charge in [-0.1, -0.05) is 13.0 Å². The zero-order chi connectivity index (χ0) is 14.5. The third-order valence-electron chi connectivity index (χ3n) is 3.53. The van der Waals surface area contributed by atoms with E-state index in [1.807, 2.05) is 0 Å². The smallest absolute Gasteiger partial charge is 0.217 e. The summed E-state index contributed by atoms with van der Waals surface area (Å²) in [6, 6.07) is 6.76. The second-order valence-corrected chi connectivity index (χ2v) is 6.05. The topological polar surface area (TPSA) is 44.4 Å². The number of anilines is 1. The lowest BCUT2D eigenvalue weighted by Crippen LogP contribution is -2.35. The predicted octanol–water partition coefficient (Wildman–Crippen LogP) is 2.27. The fourth-order valence-electron chi connectivity index (χ4n) is 2.57. The van der Waals surface area contributed by atoms with Gasteiger partial charge in [-0.15, -0.1) is 0 Å². The molecule has 1 heterocycles. The Hall–Kier alpha value is -1.07. The Morgan fingerprint density at radius 1 is 1.50 bits per heavy atom. The van der Waals surface area contributed by atoms with Crippen molar-refractivity contribution in [2.24, 2.45) is 0 Å². The molecular weight excluding hydrogens is 318 g/mol. The number of hydrogen-bond acceptors (Lipinski definition) is 3. The summed E-state index contributed by atoms with van der Waals surface area (Å²) in [5.74, 6) is 0.0527. The lowest BCUT2D eigenvalue weighted by molar-refractivity contribution is -0.119. The summed E-state index contributed by atoms with van der Waals surface area (Å²) in [5, 5.41) is 6.32. The molecule has 0 aliphatic carbocycles. The van der Waals surface area contributed by atoms with Gasteiger partial charge in [0.1, 0.15) is 0 Å². The molecule has 2 rings (SSSR count). The molecule has 1 atom stereocenters. The summed E-state index contributed by atoms with van der Waals surface area (Å²) in [6.07, 6.45) is 1.01. The highest BCUT2D eigenvalue weighted by Gasteiger charge is 2.24.